The Morgan fingerprint density at radius 2 is 2.11 bits per heavy atom. The van der Waals surface area contributed by atoms with Crippen LogP contribution < -0.4 is 0 Å². The van der Waals surface area contributed by atoms with Gasteiger partial charge in [-0.3, -0.25) is 9.47 Å². The number of aliphatic hydroxyl groups is 1. The molecule has 5 nitrogen and oxygen atoms in total. The molecule has 0 amide bonds. The first-order valence-electron chi connectivity index (χ1n) is 7.27. The molecule has 2 fully saturated rings. The lowest BCUT2D eigenvalue weighted by Gasteiger charge is -2.20. The topological polar surface area (TPSA) is 46.2 Å². The lowest BCUT2D eigenvalue weighted by atomic mass is 10.4. The van der Waals surface area contributed by atoms with E-state index in [-0.39, 0.29) is 6.61 Å². The summed E-state index contributed by atoms with van der Waals surface area (Å²) in [5.74, 6) is 0.722. The van der Waals surface area contributed by atoms with Crippen LogP contribution in [0.2, 0.25) is 0 Å². The molecule has 106 valence electrons. The van der Waals surface area contributed by atoms with Crippen LogP contribution >= 0.6 is 12.2 Å². The van der Waals surface area contributed by atoms with E-state index in [0.717, 1.165) is 43.1 Å². The van der Waals surface area contributed by atoms with Crippen molar-refractivity contribution >= 4 is 12.2 Å². The maximum atomic E-state index is 9.44. The van der Waals surface area contributed by atoms with Crippen LogP contribution in [0, 0.1) is 4.77 Å². The van der Waals surface area contributed by atoms with E-state index in [0.29, 0.717) is 12.1 Å². The molecule has 2 aliphatic carbocycles. The Kier molecular flexibility index (Phi) is 3.73. The van der Waals surface area contributed by atoms with E-state index >= 15 is 0 Å². The fourth-order valence-corrected chi connectivity index (χ4v) is 2.99. The third-order valence-corrected chi connectivity index (χ3v) is 4.29. The minimum absolute atomic E-state index is 0.0235. The van der Waals surface area contributed by atoms with Crippen LogP contribution in [0.4, 0.5) is 0 Å². The molecular weight excluding hydrogens is 260 g/mol. The largest absolute Gasteiger partial charge is 0.388 e. The van der Waals surface area contributed by atoms with Crippen molar-refractivity contribution in [3.8, 4) is 0 Å². The Morgan fingerprint density at radius 3 is 2.63 bits per heavy atom. The molecule has 0 saturated heterocycles. The first-order chi connectivity index (χ1) is 9.24. The van der Waals surface area contributed by atoms with Crippen LogP contribution in [0.1, 0.15) is 50.9 Å². The molecule has 1 N–H and O–H groups in total. The number of aromatic nitrogens is 3. The molecule has 0 spiro atoms. The Hall–Kier alpha value is -0.720. The van der Waals surface area contributed by atoms with Crippen molar-refractivity contribution in [1.82, 2.24) is 19.2 Å². The second-order valence-corrected chi connectivity index (χ2v) is 6.01. The highest BCUT2D eigenvalue weighted by Crippen LogP contribution is 2.36. The Morgan fingerprint density at radius 1 is 1.37 bits per heavy atom. The molecule has 1 heterocycles. The molecule has 2 saturated carbocycles. The van der Waals surface area contributed by atoms with Crippen LogP contribution in [-0.2, 0) is 13.3 Å². The van der Waals surface area contributed by atoms with Crippen LogP contribution in [0.3, 0.4) is 0 Å². The molecule has 19 heavy (non-hydrogen) atoms. The third-order valence-electron chi connectivity index (χ3n) is 3.88. The lowest BCUT2D eigenvalue weighted by molar-refractivity contribution is 0.194. The molecule has 0 unspecified atom stereocenters. The van der Waals surface area contributed by atoms with Gasteiger partial charge in [-0.05, 0) is 50.9 Å². The van der Waals surface area contributed by atoms with Gasteiger partial charge in [-0.15, -0.1) is 0 Å². The summed E-state index contributed by atoms with van der Waals surface area (Å²) in [6.07, 6.45) is 6.07. The van der Waals surface area contributed by atoms with Gasteiger partial charge in [0.1, 0.15) is 6.61 Å². The van der Waals surface area contributed by atoms with Crippen molar-refractivity contribution in [2.45, 2.75) is 64.4 Å². The highest BCUT2D eigenvalue weighted by atomic mass is 32.1. The summed E-state index contributed by atoms with van der Waals surface area (Å²) in [4.78, 5) is 2.46. The van der Waals surface area contributed by atoms with Gasteiger partial charge < -0.3 is 5.11 Å². The van der Waals surface area contributed by atoms with Crippen molar-refractivity contribution in [2.75, 3.05) is 6.54 Å². The predicted octanol–water partition coefficient (Wildman–Crippen LogP) is 2.07. The monoisotopic (exact) mass is 282 g/mol. The van der Waals surface area contributed by atoms with Crippen LogP contribution in [0.5, 0.6) is 0 Å². The van der Waals surface area contributed by atoms with Crippen LogP contribution in [0.25, 0.3) is 0 Å². The zero-order chi connectivity index (χ0) is 13.4. The molecule has 0 aromatic carbocycles. The van der Waals surface area contributed by atoms with Gasteiger partial charge in [0.15, 0.2) is 10.6 Å². The van der Waals surface area contributed by atoms with Crippen molar-refractivity contribution in [3.63, 3.8) is 0 Å². The van der Waals surface area contributed by atoms with Crippen molar-refractivity contribution in [3.05, 3.63) is 10.6 Å². The van der Waals surface area contributed by atoms with Crippen LogP contribution in [0.15, 0.2) is 0 Å². The summed E-state index contributed by atoms with van der Waals surface area (Å²) in [6, 6.07) is 1.19. The SMILES string of the molecule is CCCN(Cn1nc(CO)n(C2CC2)c1=S)C1CC1. The van der Waals surface area contributed by atoms with E-state index < -0.39 is 0 Å². The van der Waals surface area contributed by atoms with E-state index in [2.05, 4.69) is 16.9 Å². The van der Waals surface area contributed by atoms with E-state index in [1.54, 1.807) is 0 Å². The minimum Gasteiger partial charge on any atom is -0.388 e. The predicted molar refractivity (Wildman–Crippen MR) is 75.3 cm³/mol. The van der Waals surface area contributed by atoms with Gasteiger partial charge in [0.2, 0.25) is 0 Å². The van der Waals surface area contributed by atoms with Gasteiger partial charge in [-0.2, -0.15) is 5.10 Å². The van der Waals surface area contributed by atoms with Gasteiger partial charge in [-0.25, -0.2) is 4.68 Å². The van der Waals surface area contributed by atoms with Crippen LogP contribution in [-0.4, -0.2) is 36.9 Å². The molecule has 1 aromatic rings. The van der Waals surface area contributed by atoms with E-state index in [4.69, 9.17) is 12.2 Å². The van der Waals surface area contributed by atoms with E-state index in [1.165, 1.54) is 12.8 Å². The highest BCUT2D eigenvalue weighted by Gasteiger charge is 2.31. The zero-order valence-corrected chi connectivity index (χ0v) is 12.3. The van der Waals surface area contributed by atoms with E-state index in [9.17, 15) is 5.11 Å². The summed E-state index contributed by atoms with van der Waals surface area (Å²) in [5.41, 5.74) is 0. The van der Waals surface area contributed by atoms with Gasteiger partial charge >= 0.3 is 0 Å². The standard InChI is InChI=1S/C13H22N4OS/c1-2-7-15(10-3-4-10)9-16-13(19)17(11-5-6-11)12(8-18)14-16/h10-11,18H,2-9H2,1H3. The lowest BCUT2D eigenvalue weighted by Crippen LogP contribution is -2.30. The molecule has 0 atom stereocenters. The fourth-order valence-electron chi connectivity index (χ4n) is 2.63. The summed E-state index contributed by atoms with van der Waals surface area (Å²) < 4.78 is 4.72. The summed E-state index contributed by atoms with van der Waals surface area (Å²) >= 11 is 5.53. The minimum atomic E-state index is -0.0235. The molecule has 2 aliphatic rings. The number of rotatable bonds is 7. The fraction of sp³-hybridized carbons (Fsp3) is 0.846. The number of hydrogen-bond donors (Lipinski definition) is 1. The molecule has 0 radical (unpaired) electrons. The summed E-state index contributed by atoms with van der Waals surface area (Å²) in [7, 11) is 0. The average Bonchev–Trinajstić information content (AvgIpc) is 3.28. The average molecular weight is 282 g/mol. The second kappa shape index (κ2) is 5.34. The molecule has 3 rings (SSSR count). The number of hydrogen-bond acceptors (Lipinski definition) is 4. The number of aliphatic hydroxyl groups excluding tert-OH is 1. The van der Waals surface area contributed by atoms with E-state index in [1.807, 2.05) is 9.25 Å². The van der Waals surface area contributed by atoms with Gasteiger partial charge in [0.05, 0.1) is 6.67 Å². The molecule has 6 heteroatoms. The third kappa shape index (κ3) is 2.75. The quantitative estimate of drug-likeness (QED) is 0.778. The Labute approximate surface area is 118 Å². The summed E-state index contributed by atoms with van der Waals surface area (Å²) in [6.45, 7) is 4.04. The molecule has 1 aromatic heterocycles. The van der Waals surface area contributed by atoms with Crippen molar-refractivity contribution in [2.24, 2.45) is 0 Å². The molecule has 0 bridgehead atoms. The number of nitrogens with zero attached hydrogens (tertiary/aromatic N) is 4. The normalized spacial score (nSPS) is 19.3. The van der Waals surface area contributed by atoms with Gasteiger partial charge in [0, 0.05) is 12.1 Å². The Balaban J connectivity index is 1.81. The second-order valence-electron chi connectivity index (χ2n) is 5.64. The molecule has 0 aliphatic heterocycles. The molecular formula is C13H22N4OS. The summed E-state index contributed by atoms with van der Waals surface area (Å²) in [5, 5.41) is 13.9. The maximum absolute atomic E-state index is 9.44. The van der Waals surface area contributed by atoms with Crippen molar-refractivity contribution < 1.29 is 5.11 Å². The zero-order valence-electron chi connectivity index (χ0n) is 11.5. The smallest absolute Gasteiger partial charge is 0.199 e. The first-order valence-corrected chi connectivity index (χ1v) is 7.68. The Bertz CT molecular complexity index is 501. The maximum Gasteiger partial charge on any atom is 0.199 e. The first kappa shape index (κ1) is 13.3. The highest BCUT2D eigenvalue weighted by molar-refractivity contribution is 7.71. The van der Waals surface area contributed by atoms with Gasteiger partial charge in [-0.1, -0.05) is 6.92 Å². The van der Waals surface area contributed by atoms with Gasteiger partial charge in [0.25, 0.3) is 0 Å². The van der Waals surface area contributed by atoms with Crippen molar-refractivity contribution in [1.29, 1.82) is 0 Å².